The van der Waals surface area contributed by atoms with E-state index in [2.05, 4.69) is 77.5 Å². The van der Waals surface area contributed by atoms with Crippen LogP contribution in [0, 0.1) is 0 Å². The van der Waals surface area contributed by atoms with Gasteiger partial charge in [0.2, 0.25) is 10.6 Å². The first-order valence-corrected chi connectivity index (χ1v) is 23.8. The summed E-state index contributed by atoms with van der Waals surface area (Å²) in [6.45, 7) is 12.2. The van der Waals surface area contributed by atoms with Gasteiger partial charge in [0.15, 0.2) is 0 Å². The molecule has 0 aliphatic heterocycles. The lowest BCUT2D eigenvalue weighted by Gasteiger charge is -2.16. The van der Waals surface area contributed by atoms with Gasteiger partial charge in [-0.1, -0.05) is 31.2 Å². The number of nitrogen functional groups attached to an aromatic ring is 1. The summed E-state index contributed by atoms with van der Waals surface area (Å²) < 4.78 is 41.8. The first-order chi connectivity index (χ1) is 26.3. The number of nitrogens with zero attached hydrogens (tertiary/aromatic N) is 10. The molecule has 0 aliphatic carbocycles. The van der Waals surface area contributed by atoms with Crippen molar-refractivity contribution < 1.29 is 14.9 Å². The topological polar surface area (TPSA) is 185 Å². The van der Waals surface area contributed by atoms with E-state index in [1.165, 1.54) is 6.20 Å². The maximum absolute atomic E-state index is 12.9. The SMILES string of the molecule is C.CCn1ncc(-c2ccc(N)c(P(C)(C)=O)c2)n1.CCn1ncc(-c2ccc(Nc3nc(Cl)ncc3Br)c(P(C)(C)=O)c2)n1.Clc1ncc(Br)c(Cl)n1.[2H]CF. The van der Waals surface area contributed by atoms with Crippen LogP contribution in [-0.4, -0.2) is 83.7 Å². The number of alkyl halides is 1. The smallest absolute Gasteiger partial charge is 0.224 e. The Hall–Kier alpha value is -3.30. The van der Waals surface area contributed by atoms with E-state index in [0.717, 1.165) is 29.1 Å². The Bertz CT molecular complexity index is 2350. The highest BCUT2D eigenvalue weighted by Gasteiger charge is 2.20. The molecular formula is C34H42Br2Cl3FN12O2P2. The highest BCUT2D eigenvalue weighted by atomic mass is 79.9. The Kier molecular flexibility index (Phi) is 18.5. The van der Waals surface area contributed by atoms with Crippen LogP contribution in [0.25, 0.3) is 22.5 Å². The van der Waals surface area contributed by atoms with Crippen molar-refractivity contribution in [3.8, 4) is 22.5 Å². The number of aryl methyl sites for hydroxylation is 2. The van der Waals surface area contributed by atoms with Crippen molar-refractivity contribution in [3.05, 3.63) is 85.9 Å². The van der Waals surface area contributed by atoms with Crippen LogP contribution in [0.1, 0.15) is 22.6 Å². The van der Waals surface area contributed by atoms with Crippen molar-refractivity contribution in [2.75, 3.05) is 44.9 Å². The van der Waals surface area contributed by atoms with Crippen molar-refractivity contribution in [1.29, 1.82) is 0 Å². The van der Waals surface area contributed by atoms with E-state index in [-0.39, 0.29) is 18.0 Å². The summed E-state index contributed by atoms with van der Waals surface area (Å²) in [4.78, 5) is 18.6. The minimum Gasteiger partial charge on any atom is -0.398 e. The van der Waals surface area contributed by atoms with Gasteiger partial charge in [-0.25, -0.2) is 15.0 Å². The van der Waals surface area contributed by atoms with Gasteiger partial charge in [0, 0.05) is 39.8 Å². The van der Waals surface area contributed by atoms with Crippen LogP contribution in [0.5, 0.6) is 0 Å². The molecule has 0 amide bonds. The molecule has 3 N–H and O–H groups in total. The predicted molar refractivity (Wildman–Crippen MR) is 236 cm³/mol. The summed E-state index contributed by atoms with van der Waals surface area (Å²) in [6, 6.07) is 11.1. The molecular weight excluding hydrogens is 956 g/mol. The average Bonchev–Trinajstić information content (AvgIpc) is 3.83. The summed E-state index contributed by atoms with van der Waals surface area (Å²) in [6.07, 6.45) is 6.46. The molecule has 14 nitrogen and oxygen atoms in total. The fraction of sp³-hybridized carbons (Fsp3) is 0.294. The molecule has 0 radical (unpaired) electrons. The van der Waals surface area contributed by atoms with Gasteiger partial charge >= 0.3 is 0 Å². The van der Waals surface area contributed by atoms with Crippen LogP contribution in [0.2, 0.25) is 15.7 Å². The van der Waals surface area contributed by atoms with Gasteiger partial charge in [0.25, 0.3) is 0 Å². The Morgan fingerprint density at radius 3 is 1.70 bits per heavy atom. The van der Waals surface area contributed by atoms with Crippen molar-refractivity contribution in [3.63, 3.8) is 0 Å². The third-order valence-corrected chi connectivity index (χ3v) is 12.2. The van der Waals surface area contributed by atoms with Crippen molar-refractivity contribution in [2.24, 2.45) is 0 Å². The van der Waals surface area contributed by atoms with Crippen LogP contribution in [0.4, 0.5) is 21.6 Å². The van der Waals surface area contributed by atoms with E-state index in [4.69, 9.17) is 41.9 Å². The van der Waals surface area contributed by atoms with E-state index >= 15 is 0 Å². The molecule has 0 aliphatic rings. The second-order valence-electron chi connectivity index (χ2n) is 11.8. The predicted octanol–water partition coefficient (Wildman–Crippen LogP) is 9.73. The Morgan fingerprint density at radius 2 is 1.25 bits per heavy atom. The van der Waals surface area contributed by atoms with Gasteiger partial charge in [-0.2, -0.15) is 35.0 Å². The van der Waals surface area contributed by atoms with Gasteiger partial charge in [0.05, 0.1) is 48.6 Å². The quantitative estimate of drug-likeness (QED) is 0.0638. The third-order valence-electron chi connectivity index (χ3n) is 7.06. The molecule has 0 saturated carbocycles. The second-order valence-corrected chi connectivity index (χ2v) is 20.9. The Labute approximate surface area is 359 Å². The fourth-order valence-electron chi connectivity index (χ4n) is 4.46. The van der Waals surface area contributed by atoms with Crippen molar-refractivity contribution >= 4 is 109 Å². The van der Waals surface area contributed by atoms with Gasteiger partial charge < -0.3 is 20.2 Å². The van der Waals surface area contributed by atoms with Crippen LogP contribution >= 0.6 is 80.9 Å². The zero-order valence-electron chi connectivity index (χ0n) is 31.4. The summed E-state index contributed by atoms with van der Waals surface area (Å²) in [5.41, 5.74) is 10.4. The maximum atomic E-state index is 12.9. The monoisotopic (exact) mass is 995 g/mol. The fourth-order valence-corrected chi connectivity index (χ4v) is 7.69. The highest BCUT2D eigenvalue weighted by molar-refractivity contribution is 9.11. The molecule has 6 aromatic rings. The lowest BCUT2D eigenvalue weighted by atomic mass is 10.1. The number of aromatic nitrogens is 10. The molecule has 0 unspecified atom stereocenters. The number of anilines is 3. The molecule has 0 atom stereocenters. The summed E-state index contributed by atoms with van der Waals surface area (Å²) >= 11 is 23.3. The van der Waals surface area contributed by atoms with E-state index in [9.17, 15) is 13.5 Å². The summed E-state index contributed by atoms with van der Waals surface area (Å²) in [7, 11) is -5.96. The molecule has 0 saturated heterocycles. The van der Waals surface area contributed by atoms with Gasteiger partial charge in [-0.15, -0.1) is 0 Å². The van der Waals surface area contributed by atoms with Gasteiger partial charge in [0.1, 0.15) is 36.6 Å². The summed E-state index contributed by atoms with van der Waals surface area (Å²) in [5, 5.41) is 22.3. The molecule has 302 valence electrons. The van der Waals surface area contributed by atoms with Gasteiger partial charge in [-0.3, -0.25) is 4.39 Å². The van der Waals surface area contributed by atoms with Gasteiger partial charge in [-0.05, 0) is 120 Å². The van der Waals surface area contributed by atoms with Crippen molar-refractivity contribution in [1.82, 2.24) is 49.9 Å². The van der Waals surface area contributed by atoms with E-state index in [0.29, 0.717) is 48.4 Å². The first-order valence-electron chi connectivity index (χ1n) is 16.6. The maximum Gasteiger partial charge on any atom is 0.224 e. The third kappa shape index (κ3) is 14.0. The number of nitrogens with one attached hydrogen (secondary N) is 1. The van der Waals surface area contributed by atoms with E-state index in [1.807, 2.05) is 44.2 Å². The van der Waals surface area contributed by atoms with E-state index < -0.39 is 21.4 Å². The molecule has 0 bridgehead atoms. The standard InChI is InChI=1S/C16H17BrClN6OP.C12H17N4OP.C4HBrCl2N2.CH3F.CH4/c1-4-24-20-9-13(23-24)10-5-6-12(14(7-10)26(2,3)25)21-15-11(17)8-19-16(18)22-15;1-4-16-14-8-11(15-16)9-5-6-10(13)12(7-9)18(2,3)17;5-2-1-8-4(7)9-3(2)6;1-2;/h5-9H,4H2,1-3H3,(H,19,21,22);5-8H,4,13H2,1-3H3;1H;1H3;1H4/i;;;1D;. The second kappa shape index (κ2) is 22.0. The molecule has 6 rings (SSSR count). The largest absolute Gasteiger partial charge is 0.398 e. The minimum absolute atomic E-state index is 0. The number of hydrogen-bond donors (Lipinski definition) is 2. The van der Waals surface area contributed by atoms with Crippen LogP contribution in [0.3, 0.4) is 0 Å². The molecule has 0 spiro atoms. The molecule has 22 heteroatoms. The molecule has 4 heterocycles. The van der Waals surface area contributed by atoms with E-state index in [1.54, 1.807) is 60.9 Å². The zero-order valence-corrected chi connectivity index (χ0v) is 37.7. The molecule has 56 heavy (non-hydrogen) atoms. The van der Waals surface area contributed by atoms with Crippen molar-refractivity contribution in [2.45, 2.75) is 34.4 Å². The normalized spacial score (nSPS) is 11.0. The molecule has 0 fully saturated rings. The number of halogens is 6. The molecule has 4 aromatic heterocycles. The number of hydrogen-bond acceptors (Lipinski definition) is 12. The first kappa shape index (κ1) is 47.1. The number of nitrogens with two attached hydrogens (primary N) is 1. The molecule has 2 aromatic carbocycles. The Morgan fingerprint density at radius 1 is 0.786 bits per heavy atom. The average molecular weight is 999 g/mol. The lowest BCUT2D eigenvalue weighted by Crippen LogP contribution is -2.11. The minimum atomic E-state index is -2.58. The lowest BCUT2D eigenvalue weighted by molar-refractivity contribution is 0.571. The highest BCUT2D eigenvalue weighted by Crippen LogP contribution is 2.40. The number of benzene rings is 2. The van der Waals surface area contributed by atoms with Crippen LogP contribution < -0.4 is 21.7 Å². The number of rotatable bonds is 8. The van der Waals surface area contributed by atoms with Crippen LogP contribution in [0.15, 0.2) is 70.1 Å². The van der Waals surface area contributed by atoms with Crippen LogP contribution in [-0.2, 0) is 22.2 Å². The summed E-state index contributed by atoms with van der Waals surface area (Å²) in [5.74, 6) is 0.504. The zero-order chi connectivity index (χ0) is 41.8. The Balaban J connectivity index is 0.000000312.